The first-order valence-corrected chi connectivity index (χ1v) is 6.95. The molecule has 0 bridgehead atoms. The Morgan fingerprint density at radius 1 is 1.24 bits per heavy atom. The van der Waals surface area contributed by atoms with E-state index in [0.717, 1.165) is 12.3 Å². The maximum absolute atomic E-state index is 9.54. The zero-order valence-corrected chi connectivity index (χ0v) is 10.9. The van der Waals surface area contributed by atoms with Gasteiger partial charge in [-0.15, -0.1) is 0 Å². The first-order valence-electron chi connectivity index (χ1n) is 6.95. The minimum atomic E-state index is 0.338. The molecule has 0 aliphatic heterocycles. The van der Waals surface area contributed by atoms with Crippen LogP contribution < -0.4 is 0 Å². The SMILES string of the molecule is Cc1ccccc1CC(CO)CC1CCCC1. The molecule has 1 heteroatoms. The number of hydrogen-bond acceptors (Lipinski definition) is 1. The Morgan fingerprint density at radius 2 is 1.94 bits per heavy atom. The molecule has 1 N–H and O–H groups in total. The summed E-state index contributed by atoms with van der Waals surface area (Å²) in [5, 5.41) is 9.54. The maximum Gasteiger partial charge on any atom is 0.0462 e. The summed E-state index contributed by atoms with van der Waals surface area (Å²) in [4.78, 5) is 0. The van der Waals surface area contributed by atoms with E-state index in [2.05, 4.69) is 31.2 Å². The minimum Gasteiger partial charge on any atom is -0.396 e. The normalized spacial score (nSPS) is 18.5. The number of aliphatic hydroxyl groups is 1. The van der Waals surface area contributed by atoms with Crippen molar-refractivity contribution in [3.8, 4) is 0 Å². The van der Waals surface area contributed by atoms with Gasteiger partial charge in [0.2, 0.25) is 0 Å². The van der Waals surface area contributed by atoms with E-state index < -0.39 is 0 Å². The van der Waals surface area contributed by atoms with Crippen LogP contribution in [0, 0.1) is 18.8 Å². The van der Waals surface area contributed by atoms with E-state index in [9.17, 15) is 5.11 Å². The molecule has 1 nitrogen and oxygen atoms in total. The molecule has 17 heavy (non-hydrogen) atoms. The Morgan fingerprint density at radius 3 is 2.59 bits per heavy atom. The lowest BCUT2D eigenvalue weighted by atomic mass is 9.88. The fraction of sp³-hybridized carbons (Fsp3) is 0.625. The third-order valence-corrected chi connectivity index (χ3v) is 4.17. The monoisotopic (exact) mass is 232 g/mol. The molecular weight excluding hydrogens is 208 g/mol. The average molecular weight is 232 g/mol. The van der Waals surface area contributed by atoms with Gasteiger partial charge in [-0.25, -0.2) is 0 Å². The second-order valence-corrected chi connectivity index (χ2v) is 5.57. The first kappa shape index (κ1) is 12.6. The van der Waals surface area contributed by atoms with Crippen molar-refractivity contribution in [2.75, 3.05) is 6.61 Å². The summed E-state index contributed by atoms with van der Waals surface area (Å²) in [5.41, 5.74) is 2.77. The molecule has 1 aromatic rings. The Kier molecular flexibility index (Phi) is 4.61. The van der Waals surface area contributed by atoms with Crippen LogP contribution in [0.25, 0.3) is 0 Å². The quantitative estimate of drug-likeness (QED) is 0.820. The van der Waals surface area contributed by atoms with Crippen LogP contribution in [0.5, 0.6) is 0 Å². The zero-order chi connectivity index (χ0) is 12.1. The van der Waals surface area contributed by atoms with Gasteiger partial charge in [-0.2, -0.15) is 0 Å². The van der Waals surface area contributed by atoms with E-state index in [4.69, 9.17) is 0 Å². The van der Waals surface area contributed by atoms with Gasteiger partial charge >= 0.3 is 0 Å². The summed E-state index contributed by atoms with van der Waals surface area (Å²) in [6.45, 7) is 2.50. The van der Waals surface area contributed by atoms with Crippen molar-refractivity contribution < 1.29 is 5.11 Å². The highest BCUT2D eigenvalue weighted by atomic mass is 16.3. The Balaban J connectivity index is 1.92. The van der Waals surface area contributed by atoms with Crippen LogP contribution in [0.15, 0.2) is 24.3 Å². The van der Waals surface area contributed by atoms with E-state index in [-0.39, 0.29) is 0 Å². The van der Waals surface area contributed by atoms with Crippen LogP contribution in [0.4, 0.5) is 0 Å². The van der Waals surface area contributed by atoms with Crippen molar-refractivity contribution in [1.82, 2.24) is 0 Å². The smallest absolute Gasteiger partial charge is 0.0462 e. The van der Waals surface area contributed by atoms with Crippen LogP contribution in [-0.2, 0) is 6.42 Å². The summed E-state index contributed by atoms with van der Waals surface area (Å²) in [6.07, 6.45) is 7.80. The van der Waals surface area contributed by atoms with E-state index in [1.165, 1.54) is 43.2 Å². The van der Waals surface area contributed by atoms with Gasteiger partial charge in [-0.1, -0.05) is 49.9 Å². The molecule has 0 radical (unpaired) electrons. The van der Waals surface area contributed by atoms with Gasteiger partial charge in [0, 0.05) is 6.61 Å². The lowest BCUT2D eigenvalue weighted by molar-refractivity contribution is 0.200. The predicted octanol–water partition coefficient (Wildman–Crippen LogP) is 3.73. The summed E-state index contributed by atoms with van der Waals surface area (Å²) in [6, 6.07) is 8.56. The lowest BCUT2D eigenvalue weighted by Crippen LogP contribution is -2.14. The van der Waals surface area contributed by atoms with Gasteiger partial charge < -0.3 is 5.11 Å². The number of aliphatic hydroxyl groups excluding tert-OH is 1. The van der Waals surface area contributed by atoms with Crippen molar-refractivity contribution in [1.29, 1.82) is 0 Å². The number of aryl methyl sites for hydroxylation is 1. The molecule has 1 aliphatic rings. The number of rotatable bonds is 5. The molecule has 0 amide bonds. The molecule has 2 rings (SSSR count). The van der Waals surface area contributed by atoms with Crippen molar-refractivity contribution >= 4 is 0 Å². The Labute approximate surface area is 105 Å². The highest BCUT2D eigenvalue weighted by Crippen LogP contribution is 2.31. The highest BCUT2D eigenvalue weighted by molar-refractivity contribution is 5.25. The molecule has 0 aromatic heterocycles. The first-order chi connectivity index (χ1) is 8.29. The molecule has 1 aliphatic carbocycles. The average Bonchev–Trinajstić information content (AvgIpc) is 2.84. The number of hydrogen-bond donors (Lipinski definition) is 1. The van der Waals surface area contributed by atoms with Crippen molar-refractivity contribution in [2.45, 2.75) is 45.4 Å². The van der Waals surface area contributed by atoms with Gasteiger partial charge in [-0.05, 0) is 42.7 Å². The standard InChI is InChI=1S/C16H24O/c1-13-6-2-5-9-16(13)11-15(12-17)10-14-7-3-4-8-14/h2,5-6,9,14-15,17H,3-4,7-8,10-12H2,1H3. The summed E-state index contributed by atoms with van der Waals surface area (Å²) < 4.78 is 0. The Hall–Kier alpha value is -0.820. The molecule has 1 aromatic carbocycles. The largest absolute Gasteiger partial charge is 0.396 e. The van der Waals surface area contributed by atoms with Crippen molar-refractivity contribution in [3.05, 3.63) is 35.4 Å². The maximum atomic E-state index is 9.54. The topological polar surface area (TPSA) is 20.2 Å². The molecular formula is C16H24O. The fourth-order valence-corrected chi connectivity index (χ4v) is 3.09. The van der Waals surface area contributed by atoms with Crippen LogP contribution in [0.1, 0.15) is 43.2 Å². The van der Waals surface area contributed by atoms with Crippen molar-refractivity contribution in [3.63, 3.8) is 0 Å². The second-order valence-electron chi connectivity index (χ2n) is 5.57. The second kappa shape index (κ2) is 6.20. The van der Waals surface area contributed by atoms with Gasteiger partial charge in [0.15, 0.2) is 0 Å². The van der Waals surface area contributed by atoms with Crippen molar-refractivity contribution in [2.24, 2.45) is 11.8 Å². The number of benzene rings is 1. The van der Waals surface area contributed by atoms with E-state index in [1.54, 1.807) is 0 Å². The van der Waals surface area contributed by atoms with Crippen LogP contribution in [0.2, 0.25) is 0 Å². The molecule has 1 unspecified atom stereocenters. The molecule has 1 saturated carbocycles. The zero-order valence-electron chi connectivity index (χ0n) is 10.9. The van der Waals surface area contributed by atoms with Crippen LogP contribution in [-0.4, -0.2) is 11.7 Å². The summed E-state index contributed by atoms with van der Waals surface area (Å²) in [7, 11) is 0. The lowest BCUT2D eigenvalue weighted by Gasteiger charge is -2.19. The van der Waals surface area contributed by atoms with Crippen LogP contribution >= 0.6 is 0 Å². The summed E-state index contributed by atoms with van der Waals surface area (Å²) in [5.74, 6) is 1.33. The molecule has 0 heterocycles. The Bertz CT molecular complexity index is 339. The van der Waals surface area contributed by atoms with Gasteiger partial charge in [0.25, 0.3) is 0 Å². The predicted molar refractivity (Wildman–Crippen MR) is 72.0 cm³/mol. The minimum absolute atomic E-state index is 0.338. The molecule has 1 fully saturated rings. The van der Waals surface area contributed by atoms with E-state index in [0.29, 0.717) is 12.5 Å². The van der Waals surface area contributed by atoms with E-state index in [1.807, 2.05) is 0 Å². The highest BCUT2D eigenvalue weighted by Gasteiger charge is 2.20. The molecule has 0 saturated heterocycles. The summed E-state index contributed by atoms with van der Waals surface area (Å²) >= 11 is 0. The van der Waals surface area contributed by atoms with E-state index >= 15 is 0 Å². The van der Waals surface area contributed by atoms with Gasteiger partial charge in [-0.3, -0.25) is 0 Å². The van der Waals surface area contributed by atoms with Gasteiger partial charge in [0.1, 0.15) is 0 Å². The third kappa shape index (κ3) is 3.57. The third-order valence-electron chi connectivity index (χ3n) is 4.17. The molecule has 1 atom stereocenters. The van der Waals surface area contributed by atoms with Crippen LogP contribution in [0.3, 0.4) is 0 Å². The molecule has 94 valence electrons. The fourth-order valence-electron chi connectivity index (χ4n) is 3.09. The molecule has 0 spiro atoms. The van der Waals surface area contributed by atoms with Gasteiger partial charge in [0.05, 0.1) is 0 Å².